The van der Waals surface area contributed by atoms with Gasteiger partial charge in [-0.15, -0.1) is 11.3 Å². The molecule has 4 heterocycles. The van der Waals surface area contributed by atoms with Crippen molar-refractivity contribution in [1.29, 1.82) is 0 Å². The predicted octanol–water partition coefficient (Wildman–Crippen LogP) is 4.45. The average molecular weight is 597 g/mol. The molecule has 4 aromatic rings. The van der Waals surface area contributed by atoms with Crippen LogP contribution in [0.4, 0.5) is 21.5 Å². The molecule has 0 spiro atoms. The fraction of sp³-hybridized carbons (Fsp3) is 0.154. The van der Waals surface area contributed by atoms with Gasteiger partial charge in [-0.2, -0.15) is 0 Å². The molecule has 2 aliphatic heterocycles. The van der Waals surface area contributed by atoms with Gasteiger partial charge < -0.3 is 5.32 Å². The van der Waals surface area contributed by atoms with E-state index in [2.05, 4.69) is 5.32 Å². The number of fused-ring (bicyclic) bond motifs is 2. The molecule has 2 unspecified atom stereocenters. The summed E-state index contributed by atoms with van der Waals surface area (Å²) in [6.07, 6.45) is 0. The van der Waals surface area contributed by atoms with E-state index in [1.54, 1.807) is 0 Å². The summed E-state index contributed by atoms with van der Waals surface area (Å²) in [4.78, 5) is 65.9. The van der Waals surface area contributed by atoms with E-state index in [0.29, 0.717) is 15.6 Å². The number of halogens is 1. The van der Waals surface area contributed by atoms with E-state index in [0.717, 1.165) is 32.9 Å². The molecule has 2 aromatic heterocycles. The molecule has 202 valence electrons. The lowest BCUT2D eigenvalue weighted by Crippen LogP contribution is -2.32. The number of hydrogen-bond donors (Lipinski definition) is 1. The summed E-state index contributed by atoms with van der Waals surface area (Å²) in [5.41, 5.74) is 0.416. The molecular weight excluding hydrogens is 580 g/mol. The SMILES string of the molecule is O=C(Cn1c2c(sc1=O)[C@@H](c1cccs1)C1C(=O)N(c3ccc([N+](=O)[O-])cc3)C(=O)C1S2)Nc1ccc(F)cc1. The lowest BCUT2D eigenvalue weighted by atomic mass is 9.87. The number of carbonyl (C=O) groups is 3. The molecule has 0 bridgehead atoms. The summed E-state index contributed by atoms with van der Waals surface area (Å²) in [7, 11) is 0. The van der Waals surface area contributed by atoms with E-state index >= 15 is 0 Å². The Balaban J connectivity index is 1.36. The highest BCUT2D eigenvalue weighted by Gasteiger charge is 2.57. The van der Waals surface area contributed by atoms with Gasteiger partial charge in [-0.25, -0.2) is 9.29 Å². The van der Waals surface area contributed by atoms with Crippen LogP contribution in [0.3, 0.4) is 0 Å². The van der Waals surface area contributed by atoms with Gasteiger partial charge in [0.15, 0.2) is 0 Å². The van der Waals surface area contributed by atoms with Crippen LogP contribution >= 0.6 is 34.4 Å². The number of carbonyl (C=O) groups excluding carboxylic acids is 3. The molecule has 1 saturated heterocycles. The van der Waals surface area contributed by atoms with Crippen molar-refractivity contribution in [2.24, 2.45) is 5.92 Å². The monoisotopic (exact) mass is 596 g/mol. The fourth-order valence-electron chi connectivity index (χ4n) is 4.89. The normalized spacial score (nSPS) is 19.8. The van der Waals surface area contributed by atoms with Crippen molar-refractivity contribution in [3.8, 4) is 0 Å². The molecule has 2 aromatic carbocycles. The predicted molar refractivity (Wildman–Crippen MR) is 148 cm³/mol. The summed E-state index contributed by atoms with van der Waals surface area (Å²) in [6.45, 7) is -0.336. The molecule has 2 aliphatic rings. The Morgan fingerprint density at radius 1 is 1.02 bits per heavy atom. The van der Waals surface area contributed by atoms with E-state index in [1.165, 1.54) is 64.4 Å². The summed E-state index contributed by atoms with van der Waals surface area (Å²) in [5, 5.41) is 15.1. The minimum absolute atomic E-state index is 0.170. The minimum Gasteiger partial charge on any atom is -0.325 e. The number of thiazole rings is 1. The zero-order chi connectivity index (χ0) is 28.1. The number of nitrogens with zero attached hydrogens (tertiary/aromatic N) is 3. The van der Waals surface area contributed by atoms with Crippen LogP contribution in [0.15, 0.2) is 75.9 Å². The smallest absolute Gasteiger partial charge is 0.308 e. The van der Waals surface area contributed by atoms with Crippen molar-refractivity contribution in [2.75, 3.05) is 10.2 Å². The Bertz CT molecular complexity index is 1720. The van der Waals surface area contributed by atoms with E-state index in [-0.39, 0.29) is 17.9 Å². The molecule has 1 fully saturated rings. The summed E-state index contributed by atoms with van der Waals surface area (Å²) < 4.78 is 14.5. The summed E-state index contributed by atoms with van der Waals surface area (Å²) in [6, 6.07) is 14.1. The topological polar surface area (TPSA) is 132 Å². The number of anilines is 2. The maximum Gasteiger partial charge on any atom is 0.308 e. The highest BCUT2D eigenvalue weighted by Crippen LogP contribution is 2.54. The van der Waals surface area contributed by atoms with Gasteiger partial charge in [-0.3, -0.25) is 33.9 Å². The van der Waals surface area contributed by atoms with Gasteiger partial charge >= 0.3 is 4.87 Å². The zero-order valence-electron chi connectivity index (χ0n) is 20.2. The standard InChI is InChI=1S/C26H17FN4O6S3/c27-13-3-5-14(6-4-13)28-18(32)12-29-25-22(40-26(29)35)19(17-2-1-11-38-17)20-21(39-25)24(34)30(23(20)33)15-7-9-16(10-8-15)31(36)37/h1-11,19-21H,12H2,(H,28,32)/t19-,20?,21?/m0/s1. The first-order valence-corrected chi connectivity index (χ1v) is 14.4. The third kappa shape index (κ3) is 4.43. The second-order valence-electron chi connectivity index (χ2n) is 9.02. The number of nitro groups is 1. The van der Waals surface area contributed by atoms with Crippen molar-refractivity contribution >= 4 is 69.2 Å². The Morgan fingerprint density at radius 3 is 2.40 bits per heavy atom. The first-order valence-electron chi connectivity index (χ1n) is 11.8. The lowest BCUT2D eigenvalue weighted by molar-refractivity contribution is -0.384. The van der Waals surface area contributed by atoms with Crippen LogP contribution in [0.1, 0.15) is 15.7 Å². The second kappa shape index (κ2) is 10.1. The molecule has 40 heavy (non-hydrogen) atoms. The summed E-state index contributed by atoms with van der Waals surface area (Å²) in [5.74, 6) is -3.31. The first-order chi connectivity index (χ1) is 19.2. The first kappa shape index (κ1) is 26.1. The second-order valence-corrected chi connectivity index (χ2v) is 12.1. The molecule has 0 aliphatic carbocycles. The molecule has 6 rings (SSSR count). The Kier molecular flexibility index (Phi) is 6.60. The van der Waals surface area contributed by atoms with Crippen molar-refractivity contribution in [2.45, 2.75) is 22.7 Å². The summed E-state index contributed by atoms with van der Waals surface area (Å²) >= 11 is 3.41. The molecule has 3 atom stereocenters. The maximum absolute atomic E-state index is 13.8. The van der Waals surface area contributed by atoms with Crippen molar-refractivity contribution in [3.63, 3.8) is 0 Å². The number of thiophene rings is 1. The van der Waals surface area contributed by atoms with Gasteiger partial charge in [0.1, 0.15) is 17.6 Å². The van der Waals surface area contributed by atoms with Gasteiger partial charge in [0.05, 0.1) is 21.6 Å². The molecule has 0 saturated carbocycles. The van der Waals surface area contributed by atoms with E-state index in [1.807, 2.05) is 17.5 Å². The number of aromatic nitrogens is 1. The number of nitro benzene ring substituents is 1. The Labute approximate surface area is 237 Å². The third-order valence-corrected chi connectivity index (χ3v) is 10.2. The quantitative estimate of drug-likeness (QED) is 0.198. The molecular formula is C26H17FN4O6S3. The van der Waals surface area contributed by atoms with E-state index in [4.69, 9.17) is 0 Å². The molecule has 0 radical (unpaired) electrons. The molecule has 14 heteroatoms. The minimum atomic E-state index is -0.872. The fourth-order valence-corrected chi connectivity index (χ4v) is 8.61. The van der Waals surface area contributed by atoms with Crippen LogP contribution in [0, 0.1) is 21.8 Å². The number of non-ortho nitro benzene ring substituents is 1. The van der Waals surface area contributed by atoms with Crippen LogP contribution in [0.25, 0.3) is 0 Å². The van der Waals surface area contributed by atoms with Crippen LogP contribution < -0.4 is 15.1 Å². The van der Waals surface area contributed by atoms with Gasteiger partial charge in [0, 0.05) is 33.5 Å². The third-order valence-electron chi connectivity index (χ3n) is 6.65. The largest absolute Gasteiger partial charge is 0.325 e. The Morgan fingerprint density at radius 2 is 1.75 bits per heavy atom. The highest BCUT2D eigenvalue weighted by atomic mass is 32.2. The average Bonchev–Trinajstić information content (AvgIpc) is 3.63. The zero-order valence-corrected chi connectivity index (χ0v) is 22.6. The molecule has 3 amide bonds. The number of nitrogens with one attached hydrogen (secondary N) is 1. The van der Waals surface area contributed by atoms with Crippen LogP contribution in [-0.4, -0.2) is 32.5 Å². The number of benzene rings is 2. The Hall–Kier alpha value is -4.14. The number of thioether (sulfide) groups is 1. The van der Waals surface area contributed by atoms with Gasteiger partial charge in [-0.1, -0.05) is 29.2 Å². The number of amides is 3. The van der Waals surface area contributed by atoms with E-state index < -0.39 is 50.4 Å². The van der Waals surface area contributed by atoms with Crippen LogP contribution in [-0.2, 0) is 20.9 Å². The van der Waals surface area contributed by atoms with Gasteiger partial charge in [0.25, 0.3) is 5.69 Å². The number of imide groups is 1. The van der Waals surface area contributed by atoms with Crippen molar-refractivity contribution < 1.29 is 23.7 Å². The van der Waals surface area contributed by atoms with Crippen LogP contribution in [0.2, 0.25) is 0 Å². The number of rotatable bonds is 6. The van der Waals surface area contributed by atoms with Gasteiger partial charge in [-0.05, 0) is 47.8 Å². The van der Waals surface area contributed by atoms with Crippen LogP contribution in [0.5, 0.6) is 0 Å². The molecule has 1 N–H and O–H groups in total. The number of hydrogen-bond acceptors (Lipinski definition) is 9. The van der Waals surface area contributed by atoms with E-state index in [9.17, 15) is 33.7 Å². The highest BCUT2D eigenvalue weighted by molar-refractivity contribution is 8.00. The van der Waals surface area contributed by atoms with Gasteiger partial charge in [0.2, 0.25) is 17.7 Å². The molecule has 10 nitrogen and oxygen atoms in total. The maximum atomic E-state index is 13.8. The van der Waals surface area contributed by atoms with Crippen molar-refractivity contribution in [3.05, 3.63) is 101 Å². The lowest BCUT2D eigenvalue weighted by Gasteiger charge is -2.29. The van der Waals surface area contributed by atoms with Crippen molar-refractivity contribution in [1.82, 2.24) is 4.57 Å².